The van der Waals surface area contributed by atoms with Crippen molar-refractivity contribution in [2.24, 2.45) is 7.05 Å². The standard InChI is InChI=1S/C16H17N5O8S/c1-6-10(21(27)28)12(19(3)18-6)13(23)17-9-14(24)20-11(16(25)26)8(4-29-7(2)22)5-30-15(9)20/h9,15H,4-5H2,1-3H3,(H,17,23)(H,25,26)/t9-,15+/m1/s1. The molecule has 0 spiro atoms. The second-order valence-corrected chi connectivity index (χ2v) is 7.67. The number of carbonyl (C=O) groups excluding carboxylic acids is 3. The van der Waals surface area contributed by atoms with Crippen LogP contribution in [0.4, 0.5) is 5.69 Å². The van der Waals surface area contributed by atoms with Gasteiger partial charge in [-0.25, -0.2) is 4.79 Å². The molecule has 2 N–H and O–H groups in total. The van der Waals surface area contributed by atoms with E-state index in [1.807, 2.05) is 0 Å². The molecule has 3 heterocycles. The van der Waals surface area contributed by atoms with Crippen LogP contribution in [0.25, 0.3) is 0 Å². The van der Waals surface area contributed by atoms with E-state index in [1.54, 1.807) is 0 Å². The zero-order chi connectivity index (χ0) is 22.3. The number of rotatable bonds is 6. The van der Waals surface area contributed by atoms with Crippen molar-refractivity contribution in [2.75, 3.05) is 12.4 Å². The van der Waals surface area contributed by atoms with Crippen LogP contribution in [0.2, 0.25) is 0 Å². The maximum atomic E-state index is 12.6. The predicted molar refractivity (Wildman–Crippen MR) is 100 cm³/mol. The number of aromatic nitrogens is 2. The number of β-lactam (4-membered cyclic amide) rings is 1. The van der Waals surface area contributed by atoms with Crippen molar-refractivity contribution in [2.45, 2.75) is 25.3 Å². The number of hydrogen-bond donors (Lipinski definition) is 2. The zero-order valence-corrected chi connectivity index (χ0v) is 16.9. The summed E-state index contributed by atoms with van der Waals surface area (Å²) in [6.45, 7) is 2.30. The molecule has 0 aromatic carbocycles. The van der Waals surface area contributed by atoms with Crippen LogP contribution in [0.3, 0.4) is 0 Å². The fourth-order valence-corrected chi connectivity index (χ4v) is 4.64. The maximum absolute atomic E-state index is 12.6. The Hall–Kier alpha value is -3.42. The molecule has 1 aromatic rings. The lowest BCUT2D eigenvalue weighted by Crippen LogP contribution is -2.70. The number of aryl methyl sites for hydroxylation is 2. The summed E-state index contributed by atoms with van der Waals surface area (Å²) in [6, 6.07) is -1.07. The molecule has 30 heavy (non-hydrogen) atoms. The molecule has 14 heteroatoms. The molecular weight excluding hydrogens is 422 g/mol. The lowest BCUT2D eigenvalue weighted by atomic mass is 10.0. The quantitative estimate of drug-likeness (QED) is 0.256. The zero-order valence-electron chi connectivity index (χ0n) is 16.1. The highest BCUT2D eigenvalue weighted by Gasteiger charge is 2.54. The van der Waals surface area contributed by atoms with Crippen LogP contribution in [0, 0.1) is 17.0 Å². The summed E-state index contributed by atoms with van der Waals surface area (Å²) >= 11 is 1.18. The number of nitro groups is 1. The van der Waals surface area contributed by atoms with Crippen molar-refractivity contribution in [3.8, 4) is 0 Å². The number of carboxylic acid groups (broad SMARTS) is 1. The summed E-state index contributed by atoms with van der Waals surface area (Å²) in [6.07, 6.45) is 0. The summed E-state index contributed by atoms with van der Waals surface area (Å²) in [5, 5.41) is 26.4. The number of ether oxygens (including phenoxy) is 1. The first-order valence-corrected chi connectivity index (χ1v) is 9.61. The molecule has 1 fully saturated rings. The first kappa shape index (κ1) is 21.3. The second-order valence-electron chi connectivity index (χ2n) is 6.56. The monoisotopic (exact) mass is 439 g/mol. The molecule has 0 bridgehead atoms. The van der Waals surface area contributed by atoms with E-state index in [0.717, 1.165) is 9.58 Å². The van der Waals surface area contributed by atoms with Crippen molar-refractivity contribution in [1.29, 1.82) is 0 Å². The number of nitrogens with one attached hydrogen (secondary N) is 1. The van der Waals surface area contributed by atoms with Gasteiger partial charge in [0.25, 0.3) is 11.8 Å². The number of hydrogen-bond acceptors (Lipinski definition) is 9. The Morgan fingerprint density at radius 2 is 2.10 bits per heavy atom. The van der Waals surface area contributed by atoms with E-state index in [9.17, 15) is 34.4 Å². The molecule has 3 rings (SSSR count). The van der Waals surface area contributed by atoms with E-state index >= 15 is 0 Å². The lowest BCUT2D eigenvalue weighted by Gasteiger charge is -2.49. The van der Waals surface area contributed by atoms with Gasteiger partial charge in [0.05, 0.1) is 4.92 Å². The number of amides is 2. The Balaban J connectivity index is 1.82. The highest BCUT2D eigenvalue weighted by molar-refractivity contribution is 8.00. The largest absolute Gasteiger partial charge is 0.477 e. The van der Waals surface area contributed by atoms with Crippen LogP contribution in [0.15, 0.2) is 11.3 Å². The van der Waals surface area contributed by atoms with Crippen molar-refractivity contribution >= 4 is 41.2 Å². The Kier molecular flexibility index (Phi) is 5.52. The second kappa shape index (κ2) is 7.78. The average molecular weight is 439 g/mol. The van der Waals surface area contributed by atoms with Crippen LogP contribution in [-0.2, 0) is 26.2 Å². The first-order chi connectivity index (χ1) is 14.0. The first-order valence-electron chi connectivity index (χ1n) is 8.56. The molecule has 2 aliphatic rings. The summed E-state index contributed by atoms with van der Waals surface area (Å²) < 4.78 is 5.90. The third-order valence-electron chi connectivity index (χ3n) is 4.57. The van der Waals surface area contributed by atoms with E-state index in [4.69, 9.17) is 4.74 Å². The van der Waals surface area contributed by atoms with E-state index < -0.39 is 45.8 Å². The summed E-state index contributed by atoms with van der Waals surface area (Å²) in [7, 11) is 1.37. The number of thioether (sulfide) groups is 1. The van der Waals surface area contributed by atoms with E-state index in [1.165, 1.54) is 32.7 Å². The summed E-state index contributed by atoms with van der Waals surface area (Å²) in [5.41, 5.74) is -0.765. The molecular formula is C16H17N5O8S. The SMILES string of the molecule is CC(=O)OCC1=C(C(=O)O)N2C(=O)[C@@H](NC(=O)c3c([N+](=O)[O-])c(C)nn3C)[C@@H]2SC1. The van der Waals surface area contributed by atoms with Gasteiger partial charge in [0.1, 0.15) is 29.4 Å². The highest BCUT2D eigenvalue weighted by atomic mass is 32.2. The lowest BCUT2D eigenvalue weighted by molar-refractivity contribution is -0.385. The Morgan fingerprint density at radius 1 is 1.43 bits per heavy atom. The number of carbonyl (C=O) groups is 4. The normalized spacial score (nSPS) is 20.4. The summed E-state index contributed by atoms with van der Waals surface area (Å²) in [4.78, 5) is 59.5. The molecule has 2 amide bonds. The molecule has 2 atom stereocenters. The minimum atomic E-state index is -1.36. The van der Waals surface area contributed by atoms with Crippen LogP contribution >= 0.6 is 11.8 Å². The smallest absolute Gasteiger partial charge is 0.352 e. The van der Waals surface area contributed by atoms with Crippen molar-refractivity contribution in [1.82, 2.24) is 20.0 Å². The molecule has 0 saturated carbocycles. The average Bonchev–Trinajstić information content (AvgIpc) is 2.97. The molecule has 0 radical (unpaired) electrons. The van der Waals surface area contributed by atoms with Gasteiger partial charge in [-0.2, -0.15) is 5.10 Å². The Labute approximate surface area is 173 Å². The molecule has 13 nitrogen and oxygen atoms in total. The minimum absolute atomic E-state index is 0.0486. The third-order valence-corrected chi connectivity index (χ3v) is 5.91. The minimum Gasteiger partial charge on any atom is -0.477 e. The fraction of sp³-hybridized carbons (Fsp3) is 0.438. The van der Waals surface area contributed by atoms with Gasteiger partial charge in [-0.3, -0.25) is 34.1 Å². The van der Waals surface area contributed by atoms with Crippen molar-refractivity contribution in [3.63, 3.8) is 0 Å². The van der Waals surface area contributed by atoms with Crippen molar-refractivity contribution in [3.05, 3.63) is 32.8 Å². The van der Waals surface area contributed by atoms with Crippen molar-refractivity contribution < 1.29 is 33.9 Å². The molecule has 0 aliphatic carbocycles. The number of carboxylic acids is 1. The molecule has 1 aromatic heterocycles. The van der Waals surface area contributed by atoms with E-state index in [2.05, 4.69) is 10.4 Å². The Bertz CT molecular complexity index is 1020. The van der Waals surface area contributed by atoms with Gasteiger partial charge >= 0.3 is 17.6 Å². The topological polar surface area (TPSA) is 174 Å². The van der Waals surface area contributed by atoms with E-state index in [-0.39, 0.29) is 35.0 Å². The molecule has 160 valence electrons. The maximum Gasteiger partial charge on any atom is 0.352 e. The van der Waals surface area contributed by atoms with Gasteiger partial charge in [0, 0.05) is 25.3 Å². The predicted octanol–water partition coefficient (Wildman–Crippen LogP) is -0.448. The van der Waals surface area contributed by atoms with Crippen LogP contribution < -0.4 is 5.32 Å². The molecule has 0 unspecified atom stereocenters. The molecule has 1 saturated heterocycles. The Morgan fingerprint density at radius 3 is 2.67 bits per heavy atom. The number of aliphatic carboxylic acids is 1. The van der Waals surface area contributed by atoms with Gasteiger partial charge in [-0.15, -0.1) is 11.8 Å². The number of esters is 1. The number of nitrogens with zero attached hydrogens (tertiary/aromatic N) is 4. The van der Waals surface area contributed by atoms with Gasteiger partial charge in [0.2, 0.25) is 5.69 Å². The van der Waals surface area contributed by atoms with Gasteiger partial charge < -0.3 is 15.2 Å². The van der Waals surface area contributed by atoms with E-state index in [0.29, 0.717) is 0 Å². The third kappa shape index (κ3) is 3.49. The van der Waals surface area contributed by atoms with Gasteiger partial charge in [-0.05, 0) is 6.92 Å². The summed E-state index contributed by atoms with van der Waals surface area (Å²) in [5.74, 6) is -3.33. The van der Waals surface area contributed by atoms with Crippen LogP contribution in [0.1, 0.15) is 23.1 Å². The van der Waals surface area contributed by atoms with Gasteiger partial charge in [-0.1, -0.05) is 0 Å². The number of fused-ring (bicyclic) bond motifs is 1. The fourth-order valence-electron chi connectivity index (χ4n) is 3.31. The van der Waals surface area contributed by atoms with Gasteiger partial charge in [0.15, 0.2) is 0 Å². The molecule has 2 aliphatic heterocycles. The highest BCUT2D eigenvalue weighted by Crippen LogP contribution is 2.40. The van der Waals surface area contributed by atoms with Crippen LogP contribution in [0.5, 0.6) is 0 Å². The van der Waals surface area contributed by atoms with Crippen LogP contribution in [-0.4, -0.2) is 72.2 Å².